The first-order chi connectivity index (χ1) is 7.83. The van der Waals surface area contributed by atoms with Crippen LogP contribution in [0.5, 0.6) is 0 Å². The van der Waals surface area contributed by atoms with Crippen molar-refractivity contribution in [2.75, 3.05) is 26.0 Å². The molecule has 0 spiro atoms. The van der Waals surface area contributed by atoms with E-state index in [0.29, 0.717) is 10.6 Å². The van der Waals surface area contributed by atoms with Gasteiger partial charge in [-0.25, -0.2) is 4.98 Å². The molecule has 0 fully saturated rings. The molecule has 17 heavy (non-hydrogen) atoms. The van der Waals surface area contributed by atoms with Gasteiger partial charge in [-0.2, -0.15) is 13.2 Å². The van der Waals surface area contributed by atoms with Crippen molar-refractivity contribution < 1.29 is 18.0 Å². The van der Waals surface area contributed by atoms with Crippen molar-refractivity contribution in [3.05, 3.63) is 24.0 Å². The van der Waals surface area contributed by atoms with E-state index < -0.39 is 18.6 Å². The molecule has 0 aromatic carbocycles. The van der Waals surface area contributed by atoms with Crippen LogP contribution in [-0.2, 0) is 0 Å². The lowest BCUT2D eigenvalue weighted by atomic mass is 10.3. The topological polar surface area (TPSA) is 45.2 Å². The van der Waals surface area contributed by atoms with Gasteiger partial charge in [0.25, 0.3) is 5.91 Å². The van der Waals surface area contributed by atoms with Gasteiger partial charge in [-0.15, -0.1) is 0 Å². The van der Waals surface area contributed by atoms with Gasteiger partial charge in [0.05, 0.1) is 11.9 Å². The number of carbonyl (C=O) groups is 1. The zero-order chi connectivity index (χ0) is 13.1. The number of aromatic nitrogens is 1. The summed E-state index contributed by atoms with van der Waals surface area (Å²) in [4.78, 5) is 15.9. The summed E-state index contributed by atoms with van der Waals surface area (Å²) in [5, 5.41) is 2.79. The minimum absolute atomic E-state index is 0.0178. The Morgan fingerprint density at radius 2 is 2.12 bits per heavy atom. The van der Waals surface area contributed by atoms with Crippen molar-refractivity contribution in [1.82, 2.24) is 9.88 Å². The first kappa shape index (κ1) is 13.3. The molecule has 4 nitrogen and oxygen atoms in total. The standard InChI is InChI=1S/C10H12F3N3O/c1-14-7-3-4-8(15-5-7)9(17)16(2)6-10(11,12)13/h3-5,14H,6H2,1-2H3. The molecule has 7 heteroatoms. The summed E-state index contributed by atoms with van der Waals surface area (Å²) in [6.45, 7) is -1.29. The molecule has 0 saturated heterocycles. The number of anilines is 1. The normalized spacial score (nSPS) is 11.1. The van der Waals surface area contributed by atoms with Gasteiger partial charge in [-0.1, -0.05) is 0 Å². The molecule has 0 radical (unpaired) electrons. The Bertz CT molecular complexity index is 389. The second kappa shape index (κ2) is 5.03. The highest BCUT2D eigenvalue weighted by molar-refractivity contribution is 5.92. The van der Waals surface area contributed by atoms with E-state index in [9.17, 15) is 18.0 Å². The number of hydrogen-bond acceptors (Lipinski definition) is 3. The van der Waals surface area contributed by atoms with Gasteiger partial charge in [0.1, 0.15) is 12.2 Å². The molecule has 94 valence electrons. The Morgan fingerprint density at radius 3 is 2.53 bits per heavy atom. The second-order valence-corrected chi connectivity index (χ2v) is 3.46. The van der Waals surface area contributed by atoms with Gasteiger partial charge < -0.3 is 10.2 Å². The first-order valence-electron chi connectivity index (χ1n) is 4.79. The molecular formula is C10H12F3N3O. The molecule has 0 aliphatic carbocycles. The Labute approximate surface area is 96.4 Å². The zero-order valence-electron chi connectivity index (χ0n) is 9.38. The van der Waals surface area contributed by atoms with E-state index in [0.717, 1.165) is 7.05 Å². The highest BCUT2D eigenvalue weighted by Crippen LogP contribution is 2.16. The molecule has 1 aromatic rings. The average Bonchev–Trinajstić information content (AvgIpc) is 2.26. The predicted molar refractivity (Wildman–Crippen MR) is 56.8 cm³/mol. The number of nitrogens with one attached hydrogen (secondary N) is 1. The third kappa shape index (κ3) is 3.93. The second-order valence-electron chi connectivity index (χ2n) is 3.46. The molecule has 0 saturated carbocycles. The monoisotopic (exact) mass is 247 g/mol. The summed E-state index contributed by atoms with van der Waals surface area (Å²) >= 11 is 0. The minimum Gasteiger partial charge on any atom is -0.387 e. The van der Waals surface area contributed by atoms with E-state index >= 15 is 0 Å². The van der Waals surface area contributed by atoms with Crippen LogP contribution >= 0.6 is 0 Å². The van der Waals surface area contributed by atoms with Crippen LogP contribution in [-0.4, -0.2) is 42.6 Å². The van der Waals surface area contributed by atoms with Crippen molar-refractivity contribution >= 4 is 11.6 Å². The number of pyridine rings is 1. The van der Waals surface area contributed by atoms with Gasteiger partial charge in [0, 0.05) is 14.1 Å². The lowest BCUT2D eigenvalue weighted by Crippen LogP contribution is -2.36. The highest BCUT2D eigenvalue weighted by atomic mass is 19.4. The van der Waals surface area contributed by atoms with E-state index in [1.54, 1.807) is 13.1 Å². The summed E-state index contributed by atoms with van der Waals surface area (Å²) in [5.74, 6) is -0.759. The zero-order valence-corrected chi connectivity index (χ0v) is 9.38. The van der Waals surface area contributed by atoms with Crippen molar-refractivity contribution in [2.24, 2.45) is 0 Å². The molecule has 1 N–H and O–H groups in total. The van der Waals surface area contributed by atoms with Gasteiger partial charge >= 0.3 is 6.18 Å². The molecule has 0 atom stereocenters. The van der Waals surface area contributed by atoms with Crippen molar-refractivity contribution in [2.45, 2.75) is 6.18 Å². The van der Waals surface area contributed by atoms with Crippen LogP contribution in [0.3, 0.4) is 0 Å². The molecule has 1 heterocycles. The highest BCUT2D eigenvalue weighted by Gasteiger charge is 2.31. The average molecular weight is 247 g/mol. The third-order valence-corrected chi connectivity index (χ3v) is 2.03. The maximum absolute atomic E-state index is 12.1. The van der Waals surface area contributed by atoms with Crippen LogP contribution in [0.1, 0.15) is 10.5 Å². The van der Waals surface area contributed by atoms with Crippen LogP contribution in [0.15, 0.2) is 18.3 Å². The van der Waals surface area contributed by atoms with Gasteiger partial charge in [0.15, 0.2) is 0 Å². The van der Waals surface area contributed by atoms with E-state index in [1.807, 2.05) is 0 Å². The molecule has 0 aliphatic rings. The Hall–Kier alpha value is -1.79. The van der Waals surface area contributed by atoms with Crippen molar-refractivity contribution in [1.29, 1.82) is 0 Å². The molecule has 1 amide bonds. The maximum atomic E-state index is 12.1. The number of carbonyl (C=O) groups excluding carboxylic acids is 1. The minimum atomic E-state index is -4.41. The molecule has 0 aliphatic heterocycles. The molecular weight excluding hydrogens is 235 g/mol. The Kier molecular flexibility index (Phi) is 3.93. The molecule has 0 unspecified atom stereocenters. The van der Waals surface area contributed by atoms with Crippen LogP contribution in [0, 0.1) is 0 Å². The third-order valence-electron chi connectivity index (χ3n) is 2.03. The van der Waals surface area contributed by atoms with Gasteiger partial charge in [0.2, 0.25) is 0 Å². The fourth-order valence-corrected chi connectivity index (χ4v) is 1.20. The first-order valence-corrected chi connectivity index (χ1v) is 4.79. The largest absolute Gasteiger partial charge is 0.406 e. The summed E-state index contributed by atoms with van der Waals surface area (Å²) in [5.41, 5.74) is 0.663. The number of halogens is 3. The Balaban J connectivity index is 2.75. The quantitative estimate of drug-likeness (QED) is 0.885. The SMILES string of the molecule is CNc1ccc(C(=O)N(C)CC(F)(F)F)nc1. The number of rotatable bonds is 3. The lowest BCUT2D eigenvalue weighted by Gasteiger charge is -2.18. The predicted octanol–water partition coefficient (Wildman–Crippen LogP) is 1.76. The van der Waals surface area contributed by atoms with Crippen molar-refractivity contribution in [3.8, 4) is 0 Å². The molecule has 1 rings (SSSR count). The van der Waals surface area contributed by atoms with Crippen molar-refractivity contribution in [3.63, 3.8) is 0 Å². The number of nitrogens with zero attached hydrogens (tertiary/aromatic N) is 2. The summed E-state index contributed by atoms with van der Waals surface area (Å²) in [7, 11) is 2.76. The van der Waals surface area contributed by atoms with E-state index in [-0.39, 0.29) is 5.69 Å². The smallest absolute Gasteiger partial charge is 0.387 e. The molecule has 0 bridgehead atoms. The van der Waals surface area contributed by atoms with E-state index in [2.05, 4.69) is 10.3 Å². The number of hydrogen-bond donors (Lipinski definition) is 1. The van der Waals surface area contributed by atoms with Crippen LogP contribution in [0.4, 0.5) is 18.9 Å². The lowest BCUT2D eigenvalue weighted by molar-refractivity contribution is -0.138. The fraction of sp³-hybridized carbons (Fsp3) is 0.400. The number of alkyl halides is 3. The fourth-order valence-electron chi connectivity index (χ4n) is 1.20. The van der Waals surface area contributed by atoms with Crippen LogP contribution in [0.2, 0.25) is 0 Å². The van der Waals surface area contributed by atoms with Crippen LogP contribution < -0.4 is 5.32 Å². The van der Waals surface area contributed by atoms with Crippen LogP contribution in [0.25, 0.3) is 0 Å². The Morgan fingerprint density at radius 1 is 1.47 bits per heavy atom. The van der Waals surface area contributed by atoms with E-state index in [1.165, 1.54) is 12.3 Å². The number of amides is 1. The summed E-state index contributed by atoms with van der Waals surface area (Å²) in [6, 6.07) is 2.95. The summed E-state index contributed by atoms with van der Waals surface area (Å²) < 4.78 is 36.2. The van der Waals surface area contributed by atoms with E-state index in [4.69, 9.17) is 0 Å². The summed E-state index contributed by atoms with van der Waals surface area (Å²) in [6.07, 6.45) is -3.02. The maximum Gasteiger partial charge on any atom is 0.406 e. The molecule has 1 aromatic heterocycles. The van der Waals surface area contributed by atoms with Gasteiger partial charge in [-0.05, 0) is 12.1 Å². The van der Waals surface area contributed by atoms with Gasteiger partial charge in [-0.3, -0.25) is 4.79 Å².